The van der Waals surface area contributed by atoms with Crippen LogP contribution in [0.3, 0.4) is 0 Å². The van der Waals surface area contributed by atoms with Crippen LogP contribution in [0.25, 0.3) is 16.8 Å². The predicted molar refractivity (Wildman–Crippen MR) is 119 cm³/mol. The van der Waals surface area contributed by atoms with Gasteiger partial charge in [-0.15, -0.1) is 0 Å². The molecule has 0 aromatic heterocycles. The maximum atomic E-state index is 4.67. The smallest absolute Gasteiger partial charge is 0.116 e. The van der Waals surface area contributed by atoms with Crippen LogP contribution < -0.4 is 24.8 Å². The summed E-state index contributed by atoms with van der Waals surface area (Å²) >= 11 is 1.60. The van der Waals surface area contributed by atoms with Crippen molar-refractivity contribution in [2.75, 3.05) is 0 Å². The van der Waals surface area contributed by atoms with E-state index in [0.717, 1.165) is 6.42 Å². The molecular weight excluding hydrogens is 504 g/mol. The van der Waals surface area contributed by atoms with Crippen LogP contribution in [0, 0.1) is 0 Å². The Balaban J connectivity index is 0.000000161. The van der Waals surface area contributed by atoms with Crippen molar-refractivity contribution in [1.82, 2.24) is 0 Å². The summed E-state index contributed by atoms with van der Waals surface area (Å²) in [6, 6.07) is 13.2. The maximum absolute atomic E-state index is 4.67. The molecule has 2 aromatic rings. The van der Waals surface area contributed by atoms with Crippen LogP contribution in [0.5, 0.6) is 0 Å². The second-order valence-corrected chi connectivity index (χ2v) is 14.2. The van der Waals surface area contributed by atoms with Gasteiger partial charge in [-0.3, -0.25) is 4.99 Å². The van der Waals surface area contributed by atoms with E-state index < -0.39 is 8.07 Å². The topological polar surface area (TPSA) is 12.4 Å². The molecular formula is C25H24Cl2NSiZr. The molecule has 0 radical (unpaired) electrons. The summed E-state index contributed by atoms with van der Waals surface area (Å²) in [5.41, 5.74) is 8.60. The number of benzene rings is 2. The first-order chi connectivity index (χ1) is 13.4. The van der Waals surface area contributed by atoms with Crippen molar-refractivity contribution in [2.45, 2.75) is 37.0 Å². The van der Waals surface area contributed by atoms with Gasteiger partial charge in [0.25, 0.3) is 0 Å². The second kappa shape index (κ2) is 8.51. The first kappa shape index (κ1) is 23.7. The van der Waals surface area contributed by atoms with E-state index in [4.69, 9.17) is 0 Å². The number of fused-ring (bicyclic) bond motifs is 3. The summed E-state index contributed by atoms with van der Waals surface area (Å²) in [4.78, 5) is 4.67. The van der Waals surface area contributed by atoms with E-state index in [1.165, 1.54) is 44.5 Å². The minimum absolute atomic E-state index is 0. The predicted octanol–water partition coefficient (Wildman–Crippen LogP) is 0.624. The quantitative estimate of drug-likeness (QED) is 0.482. The zero-order valence-corrected chi connectivity index (χ0v) is 22.7. The number of nitrogens with zero attached hydrogens (tertiary/aromatic N) is 1. The standard InChI is InChI=1S/C14H11.C11H13NSi.2ClH.Zr/c1-10-8-12-7-6-11-4-2-3-5-13(11)14(12)9-10;1-4-7-11-10-8(12-7)5-6-9(10)13(11,2)3;;;/h2-9H,1H3;5-6H,4H2,1-3H3;2*1H;/q;;;;+2/p-2. The summed E-state index contributed by atoms with van der Waals surface area (Å²) < 4.78 is 0.678. The Labute approximate surface area is 207 Å². The Bertz CT molecular complexity index is 1200. The van der Waals surface area contributed by atoms with Crippen molar-refractivity contribution >= 4 is 30.6 Å². The van der Waals surface area contributed by atoms with Crippen molar-refractivity contribution in [3.8, 4) is 0 Å². The minimum atomic E-state index is -1.19. The number of halogens is 2. The number of rotatable bonds is 1. The molecule has 151 valence electrons. The van der Waals surface area contributed by atoms with E-state index in [9.17, 15) is 0 Å². The Morgan fingerprint density at radius 1 is 1.03 bits per heavy atom. The molecule has 6 rings (SSSR count). The largest absolute Gasteiger partial charge is 1.00 e. The SMILES string of the molecule is CC1=Cc2c(ccc3ccccc23)[CH]1[Zr+2].CCC1=NC2=CC=C3C2=C1[Si]3(C)C.[Cl-].[Cl-]. The van der Waals surface area contributed by atoms with E-state index in [1.807, 2.05) is 0 Å². The van der Waals surface area contributed by atoms with Gasteiger partial charge in [0.1, 0.15) is 8.07 Å². The second-order valence-electron chi connectivity index (χ2n) is 8.53. The molecule has 1 atom stereocenters. The molecule has 0 saturated carbocycles. The molecule has 5 heteroatoms. The zero-order valence-electron chi connectivity index (χ0n) is 17.7. The van der Waals surface area contributed by atoms with Gasteiger partial charge in [-0.05, 0) is 22.9 Å². The van der Waals surface area contributed by atoms with Crippen molar-refractivity contribution in [3.63, 3.8) is 0 Å². The number of hydrogen-bond acceptors (Lipinski definition) is 1. The first-order valence-electron chi connectivity index (χ1n) is 10.1. The molecule has 2 aliphatic carbocycles. The monoisotopic (exact) mass is 526 g/mol. The Kier molecular flexibility index (Phi) is 6.71. The Hall–Kier alpha value is -0.990. The summed E-state index contributed by atoms with van der Waals surface area (Å²) in [6.07, 6.45) is 7.93. The zero-order chi connectivity index (χ0) is 19.6. The molecule has 1 unspecified atom stereocenters. The van der Waals surface area contributed by atoms with E-state index >= 15 is 0 Å². The van der Waals surface area contributed by atoms with Crippen molar-refractivity contribution in [2.24, 2.45) is 4.99 Å². The van der Waals surface area contributed by atoms with Crippen LogP contribution in [0.4, 0.5) is 0 Å². The number of hydrogen-bond donors (Lipinski definition) is 0. The van der Waals surface area contributed by atoms with E-state index in [2.05, 4.69) is 86.6 Å². The fourth-order valence-electron chi connectivity index (χ4n) is 4.97. The molecule has 0 fully saturated rings. The van der Waals surface area contributed by atoms with Gasteiger partial charge in [-0.2, -0.15) is 0 Å². The van der Waals surface area contributed by atoms with Gasteiger partial charge in [0.05, 0.1) is 5.70 Å². The first-order valence-corrected chi connectivity index (χ1v) is 14.5. The van der Waals surface area contributed by atoms with Gasteiger partial charge in [0.15, 0.2) is 0 Å². The normalized spacial score (nSPS) is 21.1. The Morgan fingerprint density at radius 2 is 1.77 bits per heavy atom. The van der Waals surface area contributed by atoms with Crippen LogP contribution in [0.1, 0.15) is 35.0 Å². The van der Waals surface area contributed by atoms with Gasteiger partial charge < -0.3 is 24.8 Å². The van der Waals surface area contributed by atoms with Crippen molar-refractivity contribution in [3.05, 3.63) is 86.9 Å². The Morgan fingerprint density at radius 3 is 2.50 bits per heavy atom. The molecule has 0 amide bonds. The molecule has 30 heavy (non-hydrogen) atoms. The van der Waals surface area contributed by atoms with Crippen LogP contribution >= 0.6 is 0 Å². The van der Waals surface area contributed by atoms with E-state index in [0.29, 0.717) is 3.63 Å². The van der Waals surface area contributed by atoms with Gasteiger partial charge in [0.2, 0.25) is 0 Å². The van der Waals surface area contributed by atoms with E-state index in [-0.39, 0.29) is 24.8 Å². The average molecular weight is 529 g/mol. The summed E-state index contributed by atoms with van der Waals surface area (Å²) in [7, 11) is -1.19. The summed E-state index contributed by atoms with van der Waals surface area (Å²) in [6.45, 7) is 9.32. The molecule has 0 bridgehead atoms. The number of aliphatic imine (C=N–C) groups is 1. The van der Waals surface area contributed by atoms with Gasteiger partial charge in [-0.25, -0.2) is 0 Å². The fourth-order valence-corrected chi connectivity index (χ4v) is 9.10. The molecule has 0 saturated heterocycles. The average Bonchev–Trinajstić information content (AvgIpc) is 3.31. The van der Waals surface area contributed by atoms with Crippen LogP contribution in [-0.4, -0.2) is 13.8 Å². The van der Waals surface area contributed by atoms with Gasteiger partial charge in [-0.1, -0.05) is 26.1 Å². The van der Waals surface area contributed by atoms with Crippen LogP contribution in [0.2, 0.25) is 13.1 Å². The van der Waals surface area contributed by atoms with E-state index in [1.54, 1.807) is 35.1 Å². The molecule has 1 nitrogen and oxygen atoms in total. The molecule has 0 N–H and O–H groups in total. The van der Waals surface area contributed by atoms with Crippen molar-refractivity contribution in [1.29, 1.82) is 0 Å². The van der Waals surface area contributed by atoms with Gasteiger partial charge in [0, 0.05) is 11.3 Å². The third-order valence-corrected chi connectivity index (χ3v) is 11.9. The molecule has 2 aliphatic heterocycles. The number of allylic oxidation sites excluding steroid dienone is 5. The molecule has 4 aliphatic rings. The van der Waals surface area contributed by atoms with Crippen molar-refractivity contribution < 1.29 is 49.5 Å². The fraction of sp³-hybridized carbons (Fsp3) is 0.240. The summed E-state index contributed by atoms with van der Waals surface area (Å²) in [5, 5.41) is 6.03. The minimum Gasteiger partial charge on any atom is -1.00 e. The summed E-state index contributed by atoms with van der Waals surface area (Å²) in [5.74, 6) is 0. The third kappa shape index (κ3) is 3.34. The molecule has 2 heterocycles. The van der Waals surface area contributed by atoms with Crippen LogP contribution in [0.15, 0.2) is 80.8 Å². The van der Waals surface area contributed by atoms with Gasteiger partial charge >= 0.3 is 105 Å². The maximum Gasteiger partial charge on any atom is 0.116 e. The third-order valence-electron chi connectivity index (χ3n) is 6.50. The molecule has 0 spiro atoms. The van der Waals surface area contributed by atoms with Crippen LogP contribution in [-0.2, 0) is 24.7 Å². The molecule has 2 aromatic carbocycles.